The Bertz CT molecular complexity index is 2340. The van der Waals surface area contributed by atoms with Gasteiger partial charge in [0.2, 0.25) is 16.9 Å². The lowest BCUT2D eigenvalue weighted by Gasteiger charge is -2.43. The Morgan fingerprint density at radius 1 is 0.897 bits per heavy atom. The summed E-state index contributed by atoms with van der Waals surface area (Å²) in [6.07, 6.45) is 11.1. The van der Waals surface area contributed by atoms with Crippen LogP contribution in [-0.4, -0.2) is 106 Å². The lowest BCUT2D eigenvalue weighted by Crippen LogP contribution is -2.55. The topological polar surface area (TPSA) is 157 Å². The molecule has 15 heteroatoms. The zero-order valence-electron chi connectivity index (χ0n) is 32.4. The summed E-state index contributed by atoms with van der Waals surface area (Å²) >= 11 is 1.65. The summed E-state index contributed by atoms with van der Waals surface area (Å²) in [6.45, 7) is 6.63. The molecule has 0 aliphatic carbocycles. The van der Waals surface area contributed by atoms with Gasteiger partial charge in [0.15, 0.2) is 5.01 Å². The molecule has 9 heterocycles. The van der Waals surface area contributed by atoms with Crippen molar-refractivity contribution < 1.29 is 14.3 Å². The summed E-state index contributed by atoms with van der Waals surface area (Å²) in [4.78, 5) is 36.6. The summed E-state index contributed by atoms with van der Waals surface area (Å²) in [7, 11) is 0. The first-order valence-corrected chi connectivity index (χ1v) is 21.5. The second kappa shape index (κ2) is 15.7. The summed E-state index contributed by atoms with van der Waals surface area (Å²) in [6, 6.07) is 19.8. The average Bonchev–Trinajstić information content (AvgIpc) is 3.97. The molecule has 2 bridgehead atoms. The van der Waals surface area contributed by atoms with Gasteiger partial charge in [0.1, 0.15) is 6.07 Å². The number of piperidine rings is 2. The minimum absolute atomic E-state index is 0.175. The summed E-state index contributed by atoms with van der Waals surface area (Å²) in [5.41, 5.74) is 7.13. The number of fused-ring (bicyclic) bond motifs is 3. The quantitative estimate of drug-likeness (QED) is 0.182. The molecule has 298 valence electrons. The first-order valence-electron chi connectivity index (χ1n) is 20.7. The van der Waals surface area contributed by atoms with E-state index in [1.165, 1.54) is 31.4 Å². The van der Waals surface area contributed by atoms with Crippen LogP contribution in [0.25, 0.3) is 27.5 Å². The van der Waals surface area contributed by atoms with Gasteiger partial charge >= 0.3 is 0 Å². The standard InChI is InChI=1S/C43H47N11O3S/c44-21-28-19-32-7-9-39(54(32)46-22-28)38-20-37(47-30-13-17-57-18-14-30)36(23-45-38)42-49-50-43(58-42)52-25-33-5-6-34(26-52)53(33)24-27-11-15-51(16-12-27)31-3-1-29(2-4-31)35-8-10-40(55)48-41(35)56/h1-4,7,9,19-20,22-23,27,30,33-35H,5-6,8,10-18,24-26H2,(H,45,47)(H,48,55,56)/t33?,34?,35-/m1/s1. The number of pyridine rings is 1. The van der Waals surface area contributed by atoms with Crippen molar-refractivity contribution in [3.63, 3.8) is 0 Å². The van der Waals surface area contributed by atoms with Gasteiger partial charge in [-0.1, -0.05) is 23.5 Å². The Morgan fingerprint density at radius 2 is 1.69 bits per heavy atom. The average molecular weight is 798 g/mol. The van der Waals surface area contributed by atoms with E-state index in [4.69, 9.17) is 19.9 Å². The van der Waals surface area contributed by atoms with Crippen molar-refractivity contribution in [3.05, 3.63) is 72.1 Å². The van der Waals surface area contributed by atoms with Crippen LogP contribution in [0.5, 0.6) is 0 Å². The van der Waals surface area contributed by atoms with Gasteiger partial charge in [-0.05, 0) is 92.8 Å². The first kappa shape index (κ1) is 36.9. The van der Waals surface area contributed by atoms with Gasteiger partial charge in [-0.15, -0.1) is 10.2 Å². The van der Waals surface area contributed by atoms with Gasteiger partial charge in [0.25, 0.3) is 0 Å². The minimum Gasteiger partial charge on any atom is -0.381 e. The lowest BCUT2D eigenvalue weighted by atomic mass is 9.90. The number of nitriles is 1. The number of carbonyl (C=O) groups excluding carboxylic acids is 2. The smallest absolute Gasteiger partial charge is 0.234 e. The van der Waals surface area contributed by atoms with Gasteiger partial charge in [0, 0.05) is 88.1 Å². The van der Waals surface area contributed by atoms with Crippen LogP contribution >= 0.6 is 11.3 Å². The Kier molecular flexibility index (Phi) is 10.0. The largest absolute Gasteiger partial charge is 0.381 e. The molecule has 0 radical (unpaired) electrons. The molecule has 0 saturated carbocycles. The molecule has 2 unspecified atom stereocenters. The number of piperazine rings is 1. The van der Waals surface area contributed by atoms with E-state index < -0.39 is 0 Å². The number of benzene rings is 1. The minimum atomic E-state index is -0.243. The molecular formula is C43H47N11O3S. The normalized spacial score (nSPS) is 23.3. The number of amides is 2. The fraction of sp³-hybridized carbons (Fsp3) is 0.465. The van der Waals surface area contributed by atoms with Crippen LogP contribution in [0.3, 0.4) is 0 Å². The number of ether oxygens (including phenoxy) is 1. The zero-order chi connectivity index (χ0) is 39.2. The highest BCUT2D eigenvalue weighted by atomic mass is 32.1. The number of nitrogens with zero attached hydrogens (tertiary/aromatic N) is 9. The number of aromatic nitrogens is 5. The highest BCUT2D eigenvalue weighted by Gasteiger charge is 2.42. The molecule has 3 atom stereocenters. The zero-order valence-corrected chi connectivity index (χ0v) is 33.2. The number of anilines is 3. The molecule has 2 N–H and O–H groups in total. The molecule has 10 rings (SSSR count). The first-order chi connectivity index (χ1) is 28.5. The molecule has 5 saturated heterocycles. The van der Waals surface area contributed by atoms with Crippen LogP contribution in [-0.2, 0) is 14.3 Å². The molecule has 5 fully saturated rings. The van der Waals surface area contributed by atoms with Crippen LogP contribution in [0.15, 0.2) is 60.9 Å². The molecule has 5 aromatic rings. The van der Waals surface area contributed by atoms with E-state index in [0.717, 1.165) is 103 Å². The van der Waals surface area contributed by atoms with E-state index in [9.17, 15) is 14.9 Å². The lowest BCUT2D eigenvalue weighted by molar-refractivity contribution is -0.134. The Balaban J connectivity index is 0.790. The van der Waals surface area contributed by atoms with Crippen LogP contribution in [0.4, 0.5) is 16.5 Å². The highest BCUT2D eigenvalue weighted by Crippen LogP contribution is 2.40. The third-order valence-electron chi connectivity index (χ3n) is 12.9. The van der Waals surface area contributed by atoms with Gasteiger partial charge in [-0.2, -0.15) is 10.4 Å². The summed E-state index contributed by atoms with van der Waals surface area (Å²) in [5, 5.41) is 31.5. The molecular weight excluding hydrogens is 751 g/mol. The second-order valence-electron chi connectivity index (χ2n) is 16.5. The Morgan fingerprint density at radius 3 is 2.45 bits per heavy atom. The molecule has 5 aliphatic rings. The SMILES string of the molecule is N#Cc1cnn2c(-c3cc(NC4CCOCC4)c(-c4nnc(N5CC6CCC(C5)N6CC5CCN(c6ccc([C@H]7CCC(=O)NC7=O)cc6)CC5)s4)cn3)ccc2c1. The molecule has 4 aromatic heterocycles. The number of imide groups is 1. The summed E-state index contributed by atoms with van der Waals surface area (Å²) < 4.78 is 7.48. The van der Waals surface area contributed by atoms with E-state index in [1.807, 2.05) is 28.9 Å². The molecule has 1 aromatic carbocycles. The highest BCUT2D eigenvalue weighted by molar-refractivity contribution is 7.18. The fourth-order valence-electron chi connectivity index (χ4n) is 9.70. The monoisotopic (exact) mass is 797 g/mol. The number of carbonyl (C=O) groups is 2. The van der Waals surface area contributed by atoms with Crippen molar-refractivity contribution in [1.29, 1.82) is 5.26 Å². The van der Waals surface area contributed by atoms with Gasteiger partial charge < -0.3 is 19.9 Å². The molecule has 14 nitrogen and oxygen atoms in total. The van der Waals surface area contributed by atoms with E-state index in [1.54, 1.807) is 17.5 Å². The van der Waals surface area contributed by atoms with Crippen molar-refractivity contribution >= 4 is 45.2 Å². The molecule has 2 amide bonds. The van der Waals surface area contributed by atoms with Crippen molar-refractivity contribution in [2.75, 3.05) is 61.1 Å². The number of nitrogens with one attached hydrogen (secondary N) is 2. The Labute approximate surface area is 341 Å². The third kappa shape index (κ3) is 7.29. The molecule has 0 spiro atoms. The fourth-order valence-corrected chi connectivity index (χ4v) is 10.6. The molecule has 58 heavy (non-hydrogen) atoms. The maximum Gasteiger partial charge on any atom is 0.234 e. The van der Waals surface area contributed by atoms with Crippen LogP contribution in [0, 0.1) is 17.2 Å². The number of hydrogen-bond acceptors (Lipinski definition) is 13. The van der Waals surface area contributed by atoms with Crippen LogP contribution < -0.4 is 20.4 Å². The van der Waals surface area contributed by atoms with Gasteiger partial charge in [-0.25, -0.2) is 4.52 Å². The van der Waals surface area contributed by atoms with Gasteiger partial charge in [0.05, 0.1) is 40.1 Å². The third-order valence-corrected chi connectivity index (χ3v) is 13.9. The van der Waals surface area contributed by atoms with Crippen molar-refractivity contribution in [2.45, 2.75) is 75.4 Å². The maximum absolute atomic E-state index is 12.4. The van der Waals surface area contributed by atoms with Crippen molar-refractivity contribution in [2.24, 2.45) is 5.92 Å². The van der Waals surface area contributed by atoms with E-state index >= 15 is 0 Å². The summed E-state index contributed by atoms with van der Waals surface area (Å²) in [5.74, 6) is 0.0757. The second-order valence-corrected chi connectivity index (χ2v) is 17.4. The Hall–Kier alpha value is -5.43. The predicted molar refractivity (Wildman–Crippen MR) is 222 cm³/mol. The van der Waals surface area contributed by atoms with Crippen LogP contribution in [0.2, 0.25) is 0 Å². The van der Waals surface area contributed by atoms with E-state index in [2.05, 4.69) is 66.8 Å². The van der Waals surface area contributed by atoms with E-state index in [-0.39, 0.29) is 23.8 Å². The van der Waals surface area contributed by atoms with E-state index in [0.29, 0.717) is 36.4 Å². The number of hydrogen-bond donors (Lipinski definition) is 2. The molecule has 5 aliphatic heterocycles. The predicted octanol–water partition coefficient (Wildman–Crippen LogP) is 5.47. The van der Waals surface area contributed by atoms with Crippen molar-refractivity contribution in [1.82, 2.24) is 35.0 Å². The maximum atomic E-state index is 12.4. The van der Waals surface area contributed by atoms with Crippen LogP contribution in [0.1, 0.15) is 68.4 Å². The van der Waals surface area contributed by atoms with Gasteiger partial charge in [-0.3, -0.25) is 24.8 Å². The number of rotatable bonds is 9. The van der Waals surface area contributed by atoms with Crippen molar-refractivity contribution in [3.8, 4) is 28.0 Å².